The first-order valence-corrected chi connectivity index (χ1v) is 9.41. The van der Waals surface area contributed by atoms with Gasteiger partial charge in [0, 0.05) is 16.9 Å². The Labute approximate surface area is 163 Å². The smallest absolute Gasteiger partial charge is 0.251 e. The third-order valence-electron chi connectivity index (χ3n) is 4.19. The number of carbonyl (C=O) groups is 1. The van der Waals surface area contributed by atoms with Crippen LogP contribution in [-0.2, 0) is 13.0 Å². The maximum absolute atomic E-state index is 12.4. The van der Waals surface area contributed by atoms with E-state index in [-0.39, 0.29) is 5.91 Å². The van der Waals surface area contributed by atoms with Crippen molar-refractivity contribution in [3.8, 4) is 11.5 Å². The number of thiazole rings is 1. The van der Waals surface area contributed by atoms with Crippen molar-refractivity contribution in [3.63, 3.8) is 0 Å². The van der Waals surface area contributed by atoms with E-state index in [9.17, 15) is 4.79 Å². The fourth-order valence-electron chi connectivity index (χ4n) is 2.74. The van der Waals surface area contributed by atoms with Crippen molar-refractivity contribution in [3.05, 3.63) is 75.2 Å². The fourth-order valence-corrected chi connectivity index (χ4v) is 3.79. The standard InChI is InChI=1S/C21H22N2O3S/c1-14-19(11-15-7-5-4-6-8-15)27-20(23-14)13-22-21(24)16-9-10-17(25-2)18(12-16)26-3/h4-10,12H,11,13H2,1-3H3,(H,22,24). The topological polar surface area (TPSA) is 60.5 Å². The van der Waals surface area contributed by atoms with Gasteiger partial charge in [0.05, 0.1) is 26.5 Å². The van der Waals surface area contributed by atoms with Gasteiger partial charge >= 0.3 is 0 Å². The minimum absolute atomic E-state index is 0.173. The van der Waals surface area contributed by atoms with Gasteiger partial charge in [0.2, 0.25) is 0 Å². The minimum Gasteiger partial charge on any atom is -0.493 e. The van der Waals surface area contributed by atoms with Gasteiger partial charge in [0.1, 0.15) is 5.01 Å². The highest BCUT2D eigenvalue weighted by Gasteiger charge is 2.13. The molecule has 140 valence electrons. The zero-order chi connectivity index (χ0) is 19.2. The Balaban J connectivity index is 1.65. The summed E-state index contributed by atoms with van der Waals surface area (Å²) in [7, 11) is 3.11. The van der Waals surface area contributed by atoms with Crippen molar-refractivity contribution in [2.24, 2.45) is 0 Å². The van der Waals surface area contributed by atoms with E-state index < -0.39 is 0 Å². The molecule has 2 aromatic carbocycles. The van der Waals surface area contributed by atoms with Crippen LogP contribution in [-0.4, -0.2) is 25.1 Å². The summed E-state index contributed by atoms with van der Waals surface area (Å²) in [6, 6.07) is 15.4. The number of rotatable bonds is 7. The van der Waals surface area contributed by atoms with Gasteiger partial charge in [-0.1, -0.05) is 30.3 Å². The van der Waals surface area contributed by atoms with E-state index in [0.29, 0.717) is 23.6 Å². The molecule has 0 aliphatic rings. The lowest BCUT2D eigenvalue weighted by Gasteiger charge is -2.09. The van der Waals surface area contributed by atoms with Crippen LogP contribution in [0, 0.1) is 6.92 Å². The van der Waals surface area contributed by atoms with E-state index in [1.165, 1.54) is 10.4 Å². The second-order valence-electron chi connectivity index (χ2n) is 6.03. The van der Waals surface area contributed by atoms with E-state index in [2.05, 4.69) is 22.4 Å². The molecule has 27 heavy (non-hydrogen) atoms. The average molecular weight is 382 g/mol. The maximum Gasteiger partial charge on any atom is 0.251 e. The lowest BCUT2D eigenvalue weighted by molar-refractivity contribution is 0.0950. The number of methoxy groups -OCH3 is 2. The summed E-state index contributed by atoms with van der Waals surface area (Å²) < 4.78 is 10.5. The van der Waals surface area contributed by atoms with Crippen LogP contribution >= 0.6 is 11.3 Å². The molecule has 3 aromatic rings. The van der Waals surface area contributed by atoms with Gasteiger partial charge < -0.3 is 14.8 Å². The molecule has 5 nitrogen and oxygen atoms in total. The van der Waals surface area contributed by atoms with E-state index in [0.717, 1.165) is 17.1 Å². The Kier molecular flexibility index (Phi) is 6.08. The summed E-state index contributed by atoms with van der Waals surface area (Å²) in [5.74, 6) is 0.948. The Bertz CT molecular complexity index is 922. The highest BCUT2D eigenvalue weighted by Crippen LogP contribution is 2.27. The number of benzene rings is 2. The van der Waals surface area contributed by atoms with E-state index >= 15 is 0 Å². The van der Waals surface area contributed by atoms with Crippen LogP contribution in [0.25, 0.3) is 0 Å². The van der Waals surface area contributed by atoms with Crippen molar-refractivity contribution >= 4 is 17.2 Å². The minimum atomic E-state index is -0.173. The molecule has 1 amide bonds. The Morgan fingerprint density at radius 2 is 1.81 bits per heavy atom. The SMILES string of the molecule is COc1ccc(C(=O)NCc2nc(C)c(Cc3ccccc3)s2)cc1OC. The van der Waals surface area contributed by atoms with Gasteiger partial charge in [-0.25, -0.2) is 4.98 Å². The number of aromatic nitrogens is 1. The number of hydrogen-bond acceptors (Lipinski definition) is 5. The van der Waals surface area contributed by atoms with Crippen molar-refractivity contribution in [2.75, 3.05) is 14.2 Å². The monoisotopic (exact) mass is 382 g/mol. The molecule has 0 radical (unpaired) electrons. The van der Waals surface area contributed by atoms with E-state index in [1.54, 1.807) is 43.8 Å². The highest BCUT2D eigenvalue weighted by molar-refractivity contribution is 7.11. The number of ether oxygens (including phenoxy) is 2. The molecule has 0 saturated heterocycles. The number of hydrogen-bond donors (Lipinski definition) is 1. The Hall–Kier alpha value is -2.86. The average Bonchev–Trinajstić information content (AvgIpc) is 3.05. The normalized spacial score (nSPS) is 10.5. The summed E-state index contributed by atoms with van der Waals surface area (Å²) >= 11 is 1.63. The zero-order valence-corrected chi connectivity index (χ0v) is 16.4. The molecule has 0 spiro atoms. The van der Waals surface area contributed by atoms with Crippen molar-refractivity contribution in [1.29, 1.82) is 0 Å². The van der Waals surface area contributed by atoms with Crippen LogP contribution in [0.4, 0.5) is 0 Å². The van der Waals surface area contributed by atoms with E-state index in [4.69, 9.17) is 9.47 Å². The largest absolute Gasteiger partial charge is 0.493 e. The number of nitrogens with zero attached hydrogens (tertiary/aromatic N) is 1. The number of carbonyl (C=O) groups excluding carboxylic acids is 1. The fraction of sp³-hybridized carbons (Fsp3) is 0.238. The summed E-state index contributed by atoms with van der Waals surface area (Å²) in [6.45, 7) is 2.40. The molecular formula is C21H22N2O3S. The van der Waals surface area contributed by atoms with Crippen molar-refractivity contribution in [2.45, 2.75) is 19.9 Å². The third kappa shape index (κ3) is 4.65. The molecular weight excluding hydrogens is 360 g/mol. The lowest BCUT2D eigenvalue weighted by atomic mass is 10.1. The molecule has 0 fully saturated rings. The number of aryl methyl sites for hydroxylation is 1. The van der Waals surface area contributed by atoms with Crippen molar-refractivity contribution < 1.29 is 14.3 Å². The molecule has 1 N–H and O–H groups in total. The second-order valence-corrected chi connectivity index (χ2v) is 7.20. The summed E-state index contributed by atoms with van der Waals surface area (Å²) in [6.07, 6.45) is 0.855. The molecule has 6 heteroatoms. The maximum atomic E-state index is 12.4. The van der Waals surface area contributed by atoms with Crippen LogP contribution < -0.4 is 14.8 Å². The summed E-state index contributed by atoms with van der Waals surface area (Å²) in [5.41, 5.74) is 2.79. The molecule has 0 aliphatic carbocycles. The predicted molar refractivity (Wildman–Crippen MR) is 107 cm³/mol. The van der Waals surface area contributed by atoms with Crippen molar-refractivity contribution in [1.82, 2.24) is 10.3 Å². The predicted octanol–water partition coefficient (Wildman–Crippen LogP) is 3.99. The Morgan fingerprint density at radius 3 is 2.52 bits per heavy atom. The van der Waals surface area contributed by atoms with Gasteiger partial charge in [0.15, 0.2) is 11.5 Å². The molecule has 0 saturated carbocycles. The lowest BCUT2D eigenvalue weighted by Crippen LogP contribution is -2.22. The van der Waals surface area contributed by atoms with Crippen LogP contribution in [0.3, 0.4) is 0 Å². The molecule has 3 rings (SSSR count). The molecule has 0 bridgehead atoms. The van der Waals surface area contributed by atoms with Gasteiger partial charge in [-0.15, -0.1) is 11.3 Å². The van der Waals surface area contributed by atoms with Gasteiger partial charge in [0.25, 0.3) is 5.91 Å². The van der Waals surface area contributed by atoms with Crippen LogP contribution in [0.1, 0.15) is 31.5 Å². The highest BCUT2D eigenvalue weighted by atomic mass is 32.1. The number of nitrogens with one attached hydrogen (secondary N) is 1. The molecule has 1 heterocycles. The first kappa shape index (κ1) is 18.9. The quantitative estimate of drug-likeness (QED) is 0.671. The van der Waals surface area contributed by atoms with Gasteiger partial charge in [-0.05, 0) is 30.7 Å². The Morgan fingerprint density at radius 1 is 1.07 bits per heavy atom. The first-order valence-electron chi connectivity index (χ1n) is 8.60. The third-order valence-corrected chi connectivity index (χ3v) is 5.35. The van der Waals surface area contributed by atoms with Crippen LogP contribution in [0.2, 0.25) is 0 Å². The van der Waals surface area contributed by atoms with E-state index in [1.807, 2.05) is 25.1 Å². The molecule has 0 atom stereocenters. The zero-order valence-electron chi connectivity index (χ0n) is 15.6. The summed E-state index contributed by atoms with van der Waals surface area (Å²) in [4.78, 5) is 18.2. The van der Waals surface area contributed by atoms with Crippen LogP contribution in [0.5, 0.6) is 11.5 Å². The molecule has 1 aromatic heterocycles. The van der Waals surface area contributed by atoms with Gasteiger partial charge in [-0.3, -0.25) is 4.79 Å². The van der Waals surface area contributed by atoms with Crippen LogP contribution in [0.15, 0.2) is 48.5 Å². The summed E-state index contributed by atoms with van der Waals surface area (Å²) in [5, 5.41) is 3.82. The number of amides is 1. The first-order chi connectivity index (χ1) is 13.1. The molecule has 0 unspecified atom stereocenters. The van der Waals surface area contributed by atoms with Gasteiger partial charge in [-0.2, -0.15) is 0 Å². The molecule has 0 aliphatic heterocycles. The second kappa shape index (κ2) is 8.68.